The molecule has 2 heterocycles. The molecule has 0 atom stereocenters. The van der Waals surface area contributed by atoms with Crippen molar-refractivity contribution >= 4 is 22.8 Å². The van der Waals surface area contributed by atoms with Crippen LogP contribution in [0.15, 0.2) is 30.3 Å². The largest absolute Gasteiger partial charge is 0.490 e. The molecule has 1 aliphatic rings. The van der Waals surface area contributed by atoms with Crippen LogP contribution in [-0.4, -0.2) is 35.2 Å². The lowest BCUT2D eigenvalue weighted by Crippen LogP contribution is -2.13. The average Bonchev–Trinajstić information content (AvgIpc) is 3.13. The van der Waals surface area contributed by atoms with E-state index >= 15 is 0 Å². The van der Waals surface area contributed by atoms with Crippen LogP contribution >= 0.6 is 0 Å². The van der Waals surface area contributed by atoms with Gasteiger partial charge in [-0.25, -0.2) is 9.37 Å². The van der Waals surface area contributed by atoms with Gasteiger partial charge in [-0.2, -0.15) is 9.97 Å². The minimum absolute atomic E-state index is 0.129. The maximum atomic E-state index is 14.7. The number of pyridine rings is 1. The summed E-state index contributed by atoms with van der Waals surface area (Å²) in [4.78, 5) is 14.9. The molecule has 0 bridgehead atoms. The van der Waals surface area contributed by atoms with Crippen molar-refractivity contribution in [2.75, 3.05) is 24.7 Å². The minimum Gasteiger partial charge on any atom is -0.490 e. The van der Waals surface area contributed by atoms with Gasteiger partial charge in [0, 0.05) is 14.1 Å². The van der Waals surface area contributed by atoms with E-state index in [0.717, 1.165) is 31.1 Å². The number of nitrogens with two attached hydrogens (primary N) is 1. The molecule has 0 saturated heterocycles. The molecule has 4 rings (SSSR count). The third-order valence-electron chi connectivity index (χ3n) is 4.81. The Morgan fingerprint density at radius 2 is 1.85 bits per heavy atom. The molecule has 2 N–H and O–H groups in total. The molecule has 0 aliphatic heterocycles. The molecule has 6 nitrogen and oxygen atoms in total. The Bertz CT molecular complexity index is 986. The van der Waals surface area contributed by atoms with Crippen LogP contribution in [0.25, 0.3) is 22.3 Å². The van der Waals surface area contributed by atoms with E-state index in [4.69, 9.17) is 10.5 Å². The third-order valence-corrected chi connectivity index (χ3v) is 4.81. The quantitative estimate of drug-likeness (QED) is 0.756. The van der Waals surface area contributed by atoms with Crippen LogP contribution in [0.4, 0.5) is 16.2 Å². The van der Waals surface area contributed by atoms with Crippen molar-refractivity contribution in [2.45, 2.75) is 31.8 Å². The van der Waals surface area contributed by atoms with E-state index in [1.807, 2.05) is 25.1 Å². The van der Waals surface area contributed by atoms with Crippen molar-refractivity contribution in [3.05, 3.63) is 36.1 Å². The first-order chi connectivity index (χ1) is 13.0. The fourth-order valence-corrected chi connectivity index (χ4v) is 3.53. The molecule has 0 unspecified atom stereocenters. The summed E-state index contributed by atoms with van der Waals surface area (Å²) in [7, 11) is 3.75. The van der Waals surface area contributed by atoms with Crippen LogP contribution in [0.1, 0.15) is 25.7 Å². The second kappa shape index (κ2) is 6.98. The van der Waals surface area contributed by atoms with E-state index in [-0.39, 0.29) is 17.9 Å². The highest BCUT2D eigenvalue weighted by Gasteiger charge is 2.21. The summed E-state index contributed by atoms with van der Waals surface area (Å²) < 4.78 is 20.8. The Morgan fingerprint density at radius 3 is 2.59 bits per heavy atom. The van der Waals surface area contributed by atoms with E-state index in [9.17, 15) is 4.39 Å². The summed E-state index contributed by atoms with van der Waals surface area (Å²) in [5.41, 5.74) is 7.09. The second-order valence-corrected chi connectivity index (χ2v) is 7.00. The standard InChI is InChI=1S/C20H22FN5O/c1-26(2)19-13-10-11-15(23-18(13)24-20(22)25-19)17-14(21)8-5-9-16(17)27-12-6-3-4-7-12/h5,8-12H,3-4,6-7H2,1-2H3,(H2,22,23,24,25). The molecular weight excluding hydrogens is 345 g/mol. The van der Waals surface area contributed by atoms with E-state index in [1.54, 1.807) is 18.2 Å². The Balaban J connectivity index is 1.82. The summed E-state index contributed by atoms with van der Waals surface area (Å²) in [6, 6.07) is 8.49. The highest BCUT2D eigenvalue weighted by atomic mass is 19.1. The van der Waals surface area contributed by atoms with Gasteiger partial charge in [-0.15, -0.1) is 0 Å². The molecule has 1 saturated carbocycles. The SMILES string of the molecule is CN(C)c1nc(N)nc2nc(-c3c(F)cccc3OC3CCCC3)ccc12. The first-order valence-electron chi connectivity index (χ1n) is 9.10. The molecule has 2 aromatic heterocycles. The number of ether oxygens (including phenoxy) is 1. The van der Waals surface area contributed by atoms with E-state index < -0.39 is 0 Å². The molecule has 1 aliphatic carbocycles. The van der Waals surface area contributed by atoms with Gasteiger partial charge in [0.15, 0.2) is 5.65 Å². The topological polar surface area (TPSA) is 77.2 Å². The van der Waals surface area contributed by atoms with Gasteiger partial charge in [0.2, 0.25) is 5.95 Å². The summed E-state index contributed by atoms with van der Waals surface area (Å²) in [6.45, 7) is 0. The zero-order valence-electron chi connectivity index (χ0n) is 15.4. The van der Waals surface area contributed by atoms with Crippen molar-refractivity contribution in [1.29, 1.82) is 0 Å². The summed E-state index contributed by atoms with van der Waals surface area (Å²) >= 11 is 0. The van der Waals surface area contributed by atoms with Gasteiger partial charge >= 0.3 is 0 Å². The fraction of sp³-hybridized carbons (Fsp3) is 0.350. The molecule has 0 radical (unpaired) electrons. The van der Waals surface area contributed by atoms with Gasteiger partial charge in [-0.3, -0.25) is 0 Å². The average molecular weight is 367 g/mol. The van der Waals surface area contributed by atoms with Gasteiger partial charge in [0.05, 0.1) is 22.7 Å². The van der Waals surface area contributed by atoms with Gasteiger partial charge < -0.3 is 15.4 Å². The van der Waals surface area contributed by atoms with Gasteiger partial charge in [-0.05, 0) is 49.9 Å². The van der Waals surface area contributed by atoms with Crippen molar-refractivity contribution in [2.24, 2.45) is 0 Å². The predicted octanol–water partition coefficient (Wildman–Crippen LogP) is 3.80. The van der Waals surface area contributed by atoms with Crippen molar-refractivity contribution in [1.82, 2.24) is 15.0 Å². The van der Waals surface area contributed by atoms with Gasteiger partial charge in [0.25, 0.3) is 0 Å². The van der Waals surface area contributed by atoms with Crippen molar-refractivity contribution in [3.63, 3.8) is 0 Å². The number of hydrogen-bond donors (Lipinski definition) is 1. The lowest BCUT2D eigenvalue weighted by Gasteiger charge is -2.17. The number of benzene rings is 1. The fourth-order valence-electron chi connectivity index (χ4n) is 3.53. The normalized spacial score (nSPS) is 14.6. The number of fused-ring (bicyclic) bond motifs is 1. The Hall–Kier alpha value is -2.96. The van der Waals surface area contributed by atoms with Gasteiger partial charge in [-0.1, -0.05) is 6.07 Å². The smallest absolute Gasteiger partial charge is 0.224 e. The van der Waals surface area contributed by atoms with E-state index in [2.05, 4.69) is 15.0 Å². The Kier molecular flexibility index (Phi) is 4.51. The summed E-state index contributed by atoms with van der Waals surface area (Å²) in [5.74, 6) is 0.954. The maximum Gasteiger partial charge on any atom is 0.224 e. The number of hydrogen-bond acceptors (Lipinski definition) is 6. The zero-order valence-corrected chi connectivity index (χ0v) is 15.4. The van der Waals surface area contributed by atoms with Crippen molar-refractivity contribution in [3.8, 4) is 17.0 Å². The molecular formula is C20H22FN5O. The number of nitrogens with zero attached hydrogens (tertiary/aromatic N) is 4. The van der Waals surface area contributed by atoms with Crippen molar-refractivity contribution < 1.29 is 9.13 Å². The minimum atomic E-state index is -0.368. The number of aromatic nitrogens is 3. The number of rotatable bonds is 4. The Labute approximate surface area is 157 Å². The van der Waals surface area contributed by atoms with Crippen LogP contribution in [0, 0.1) is 5.82 Å². The number of anilines is 2. The molecule has 1 fully saturated rings. The zero-order chi connectivity index (χ0) is 19.0. The highest BCUT2D eigenvalue weighted by molar-refractivity contribution is 5.89. The van der Waals surface area contributed by atoms with Crippen LogP contribution in [0.2, 0.25) is 0 Å². The monoisotopic (exact) mass is 367 g/mol. The molecule has 140 valence electrons. The number of nitrogen functional groups attached to an aromatic ring is 1. The highest BCUT2D eigenvalue weighted by Crippen LogP contribution is 2.35. The lowest BCUT2D eigenvalue weighted by atomic mass is 10.1. The van der Waals surface area contributed by atoms with Crippen LogP contribution in [0.5, 0.6) is 5.75 Å². The molecule has 0 amide bonds. The predicted molar refractivity (Wildman–Crippen MR) is 104 cm³/mol. The molecule has 1 aromatic carbocycles. The Morgan fingerprint density at radius 1 is 1.07 bits per heavy atom. The second-order valence-electron chi connectivity index (χ2n) is 7.00. The molecule has 0 spiro atoms. The summed E-state index contributed by atoms with van der Waals surface area (Å²) in [5, 5.41) is 0.757. The first kappa shape index (κ1) is 17.5. The maximum absolute atomic E-state index is 14.7. The third kappa shape index (κ3) is 3.37. The number of halogens is 1. The van der Waals surface area contributed by atoms with E-state index in [1.165, 1.54) is 6.07 Å². The van der Waals surface area contributed by atoms with Crippen LogP contribution in [-0.2, 0) is 0 Å². The lowest BCUT2D eigenvalue weighted by molar-refractivity contribution is 0.210. The molecule has 7 heteroatoms. The van der Waals surface area contributed by atoms with Crippen LogP contribution < -0.4 is 15.4 Å². The first-order valence-corrected chi connectivity index (χ1v) is 9.10. The van der Waals surface area contributed by atoms with Crippen LogP contribution in [0.3, 0.4) is 0 Å². The van der Waals surface area contributed by atoms with E-state index in [0.29, 0.717) is 28.5 Å². The van der Waals surface area contributed by atoms with Gasteiger partial charge in [0.1, 0.15) is 17.4 Å². The molecule has 3 aromatic rings. The summed E-state index contributed by atoms with van der Waals surface area (Å²) in [6.07, 6.45) is 4.41. The molecule has 27 heavy (non-hydrogen) atoms.